The van der Waals surface area contributed by atoms with Gasteiger partial charge in [0.05, 0.1) is 13.2 Å². The second kappa shape index (κ2) is 12.4. The third-order valence-corrected chi connectivity index (χ3v) is 5.33. The summed E-state index contributed by atoms with van der Waals surface area (Å²) in [4.78, 5) is 21.5. The molecule has 2 fully saturated rings. The van der Waals surface area contributed by atoms with E-state index in [9.17, 15) is 4.79 Å². The van der Waals surface area contributed by atoms with Crippen molar-refractivity contribution in [2.24, 2.45) is 4.99 Å². The molecule has 0 spiro atoms. The van der Waals surface area contributed by atoms with Crippen LogP contribution in [-0.2, 0) is 11.3 Å². The number of aryl methyl sites for hydroxylation is 1. The maximum Gasteiger partial charge on any atom is 0.250 e. The van der Waals surface area contributed by atoms with Gasteiger partial charge in [-0.1, -0.05) is 6.07 Å². The lowest BCUT2D eigenvalue weighted by Crippen LogP contribution is -2.46. The van der Waals surface area contributed by atoms with Crippen LogP contribution < -0.4 is 10.9 Å². The first-order valence-electron chi connectivity index (χ1n) is 10.3. The number of aliphatic imine (C=N–C) groups is 1. The summed E-state index contributed by atoms with van der Waals surface area (Å²) in [6.45, 7) is 10.5. The third kappa shape index (κ3) is 6.73. The Balaban J connectivity index is 0.00000280. The van der Waals surface area contributed by atoms with Crippen molar-refractivity contribution in [3.05, 3.63) is 34.7 Å². The zero-order chi connectivity index (χ0) is 18.9. The normalized spacial score (nSPS) is 20.8. The first-order valence-corrected chi connectivity index (χ1v) is 10.3. The lowest BCUT2D eigenvalue weighted by atomic mass is 10.2. The van der Waals surface area contributed by atoms with E-state index in [-0.39, 0.29) is 29.5 Å². The number of halogens is 1. The molecule has 0 aromatic carbocycles. The Morgan fingerprint density at radius 2 is 2.07 bits per heavy atom. The highest BCUT2D eigenvalue weighted by Gasteiger charge is 2.30. The number of nitrogens with one attached hydrogen (secondary N) is 1. The van der Waals surface area contributed by atoms with Crippen molar-refractivity contribution in [2.75, 3.05) is 52.5 Å². The Morgan fingerprint density at radius 3 is 2.82 bits per heavy atom. The molecular weight excluding hydrogens is 469 g/mol. The molecule has 1 N–H and O–H groups in total. The van der Waals surface area contributed by atoms with Crippen LogP contribution in [0.4, 0.5) is 0 Å². The molecule has 1 unspecified atom stereocenters. The summed E-state index contributed by atoms with van der Waals surface area (Å²) in [6.07, 6.45) is 4.99. The van der Waals surface area contributed by atoms with E-state index in [1.807, 2.05) is 12.3 Å². The highest BCUT2D eigenvalue weighted by atomic mass is 127. The molecule has 28 heavy (non-hydrogen) atoms. The number of unbranched alkanes of at least 4 members (excludes halogenated alkanes) is 1. The number of morpholine rings is 1. The quantitative estimate of drug-likeness (QED) is 0.265. The second-order valence-electron chi connectivity index (χ2n) is 7.21. The standard InChI is InChI=1S/C20H33N5O2.HI/c1-2-21-20(22-9-4-6-11-24-10-5-3-7-19(24)26)25-12-8-18(17-25)23-13-15-27-16-14-23;/h3,5,7,10,18H,2,4,6,8-9,11-17H2,1H3,(H,21,22);1H. The van der Waals surface area contributed by atoms with Crippen LogP contribution in [0.2, 0.25) is 0 Å². The zero-order valence-corrected chi connectivity index (χ0v) is 19.2. The topological polar surface area (TPSA) is 62.1 Å². The first kappa shape index (κ1) is 23.2. The number of likely N-dealkylation sites (tertiary alicyclic amines) is 1. The van der Waals surface area contributed by atoms with Crippen molar-refractivity contribution in [1.29, 1.82) is 0 Å². The molecule has 2 aliphatic rings. The van der Waals surface area contributed by atoms with Crippen molar-refractivity contribution in [3.63, 3.8) is 0 Å². The molecule has 0 bridgehead atoms. The molecule has 7 nitrogen and oxygen atoms in total. The van der Waals surface area contributed by atoms with Crippen molar-refractivity contribution >= 4 is 29.9 Å². The van der Waals surface area contributed by atoms with Gasteiger partial charge in [0, 0.05) is 64.1 Å². The van der Waals surface area contributed by atoms with E-state index in [0.29, 0.717) is 6.04 Å². The van der Waals surface area contributed by atoms with Crippen LogP contribution >= 0.6 is 24.0 Å². The summed E-state index contributed by atoms with van der Waals surface area (Å²) in [5.41, 5.74) is 0.0700. The van der Waals surface area contributed by atoms with Crippen LogP contribution in [-0.4, -0.2) is 78.9 Å². The molecule has 1 aromatic rings. The molecular formula is C20H34IN5O2. The summed E-state index contributed by atoms with van der Waals surface area (Å²) >= 11 is 0. The van der Waals surface area contributed by atoms with E-state index in [4.69, 9.17) is 9.73 Å². The van der Waals surface area contributed by atoms with Gasteiger partial charge in [-0.05, 0) is 32.3 Å². The molecule has 1 aromatic heterocycles. The van der Waals surface area contributed by atoms with Crippen LogP contribution in [0.5, 0.6) is 0 Å². The van der Waals surface area contributed by atoms with Crippen LogP contribution in [0.3, 0.4) is 0 Å². The van der Waals surface area contributed by atoms with Gasteiger partial charge in [-0.25, -0.2) is 0 Å². The van der Waals surface area contributed by atoms with Gasteiger partial charge in [0.2, 0.25) is 5.56 Å². The predicted molar refractivity (Wildman–Crippen MR) is 124 cm³/mol. The first-order chi connectivity index (χ1) is 13.3. The average Bonchev–Trinajstić information content (AvgIpc) is 3.19. The van der Waals surface area contributed by atoms with E-state index in [1.54, 1.807) is 16.7 Å². The second-order valence-corrected chi connectivity index (χ2v) is 7.21. The minimum atomic E-state index is 0. The number of ether oxygens (including phenoxy) is 1. The van der Waals surface area contributed by atoms with Gasteiger partial charge in [0.15, 0.2) is 5.96 Å². The smallest absolute Gasteiger partial charge is 0.250 e. The molecule has 0 amide bonds. The Hall–Kier alpha value is -1.13. The van der Waals surface area contributed by atoms with Gasteiger partial charge in [-0.3, -0.25) is 14.7 Å². The van der Waals surface area contributed by atoms with Gasteiger partial charge in [-0.2, -0.15) is 0 Å². The van der Waals surface area contributed by atoms with Crippen molar-refractivity contribution < 1.29 is 4.74 Å². The van der Waals surface area contributed by atoms with E-state index >= 15 is 0 Å². The number of pyridine rings is 1. The minimum Gasteiger partial charge on any atom is -0.379 e. The molecule has 2 aliphatic heterocycles. The molecule has 0 saturated carbocycles. The number of nitrogens with zero attached hydrogens (tertiary/aromatic N) is 4. The van der Waals surface area contributed by atoms with Gasteiger partial charge in [0.1, 0.15) is 0 Å². The van der Waals surface area contributed by atoms with Crippen LogP contribution in [0, 0.1) is 0 Å². The molecule has 3 rings (SSSR count). The summed E-state index contributed by atoms with van der Waals surface area (Å²) < 4.78 is 7.24. The van der Waals surface area contributed by atoms with E-state index in [0.717, 1.165) is 77.8 Å². The number of hydrogen-bond acceptors (Lipinski definition) is 4. The van der Waals surface area contributed by atoms with Crippen molar-refractivity contribution in [1.82, 2.24) is 19.7 Å². The highest BCUT2D eigenvalue weighted by Crippen LogP contribution is 2.17. The average molecular weight is 503 g/mol. The van der Waals surface area contributed by atoms with E-state index in [2.05, 4.69) is 22.0 Å². The third-order valence-electron chi connectivity index (χ3n) is 5.33. The lowest BCUT2D eigenvalue weighted by Gasteiger charge is -2.32. The number of hydrogen-bond donors (Lipinski definition) is 1. The van der Waals surface area contributed by atoms with E-state index in [1.165, 1.54) is 6.42 Å². The summed E-state index contributed by atoms with van der Waals surface area (Å²) in [5, 5.41) is 3.44. The lowest BCUT2D eigenvalue weighted by molar-refractivity contribution is 0.0195. The van der Waals surface area contributed by atoms with Crippen LogP contribution in [0.1, 0.15) is 26.2 Å². The maximum absolute atomic E-state index is 11.7. The SMILES string of the molecule is CCNC(=NCCCCn1ccccc1=O)N1CCC(N2CCOCC2)C1.I. The zero-order valence-electron chi connectivity index (χ0n) is 16.9. The summed E-state index contributed by atoms with van der Waals surface area (Å²) in [5.74, 6) is 1.03. The van der Waals surface area contributed by atoms with E-state index < -0.39 is 0 Å². The summed E-state index contributed by atoms with van der Waals surface area (Å²) in [7, 11) is 0. The van der Waals surface area contributed by atoms with Gasteiger partial charge in [-0.15, -0.1) is 24.0 Å². The van der Waals surface area contributed by atoms with Crippen molar-refractivity contribution in [2.45, 2.75) is 38.8 Å². The minimum absolute atomic E-state index is 0. The Labute approximate surface area is 185 Å². The van der Waals surface area contributed by atoms with Gasteiger partial charge < -0.3 is 19.5 Å². The fraction of sp³-hybridized carbons (Fsp3) is 0.700. The maximum atomic E-state index is 11.7. The van der Waals surface area contributed by atoms with Gasteiger partial charge in [0.25, 0.3) is 0 Å². The molecule has 158 valence electrons. The molecule has 0 aliphatic carbocycles. The number of guanidine groups is 1. The van der Waals surface area contributed by atoms with Crippen LogP contribution in [0.15, 0.2) is 34.2 Å². The molecule has 3 heterocycles. The highest BCUT2D eigenvalue weighted by molar-refractivity contribution is 14.0. The largest absolute Gasteiger partial charge is 0.379 e. The molecule has 2 saturated heterocycles. The number of aromatic nitrogens is 1. The fourth-order valence-corrected chi connectivity index (χ4v) is 3.82. The Bertz CT molecular complexity index is 660. The molecule has 8 heteroatoms. The van der Waals surface area contributed by atoms with Gasteiger partial charge >= 0.3 is 0 Å². The summed E-state index contributed by atoms with van der Waals surface area (Å²) in [6, 6.07) is 5.91. The molecule has 1 atom stereocenters. The Morgan fingerprint density at radius 1 is 1.25 bits per heavy atom. The predicted octanol–water partition coefficient (Wildman–Crippen LogP) is 1.62. The monoisotopic (exact) mass is 503 g/mol. The Kier molecular flexibility index (Phi) is 10.3. The molecule has 0 radical (unpaired) electrons. The number of rotatable bonds is 7. The van der Waals surface area contributed by atoms with Crippen LogP contribution in [0.25, 0.3) is 0 Å². The van der Waals surface area contributed by atoms with Crippen molar-refractivity contribution in [3.8, 4) is 0 Å². The fourth-order valence-electron chi connectivity index (χ4n) is 3.82.